The molecule has 1 N–H and O–H groups in total. The highest BCUT2D eigenvalue weighted by Gasteiger charge is 2.19. The molecule has 1 aliphatic carbocycles. The van der Waals surface area contributed by atoms with E-state index in [9.17, 15) is 14.4 Å². The van der Waals surface area contributed by atoms with Gasteiger partial charge in [-0.1, -0.05) is 47.0 Å². The van der Waals surface area contributed by atoms with E-state index in [0.29, 0.717) is 16.9 Å². The average Bonchev–Trinajstić information content (AvgIpc) is 3.19. The van der Waals surface area contributed by atoms with Gasteiger partial charge in [0.25, 0.3) is 5.91 Å². The lowest BCUT2D eigenvalue weighted by Crippen LogP contribution is -2.33. The molecule has 0 radical (unpaired) electrons. The monoisotopic (exact) mass is 442 g/mol. The van der Waals surface area contributed by atoms with Crippen molar-refractivity contribution in [1.29, 1.82) is 5.26 Å². The molecule has 0 saturated heterocycles. The van der Waals surface area contributed by atoms with Gasteiger partial charge in [-0.15, -0.1) is 0 Å². The summed E-state index contributed by atoms with van der Waals surface area (Å²) in [4.78, 5) is 12.5. The van der Waals surface area contributed by atoms with Gasteiger partial charge >= 0.3 is 0 Å². The van der Waals surface area contributed by atoms with E-state index in [1.165, 1.54) is 12.1 Å². The molecule has 1 aliphatic rings. The van der Waals surface area contributed by atoms with Crippen LogP contribution in [0.1, 0.15) is 36.8 Å². The van der Waals surface area contributed by atoms with Crippen molar-refractivity contribution >= 4 is 27.9 Å². The van der Waals surface area contributed by atoms with E-state index in [-0.39, 0.29) is 29.9 Å². The molecule has 0 bridgehead atoms. The lowest BCUT2D eigenvalue weighted by molar-refractivity contribution is -0.117. The van der Waals surface area contributed by atoms with E-state index in [1.54, 1.807) is 36.4 Å². The number of carbonyl (C=O) groups is 1. The summed E-state index contributed by atoms with van der Waals surface area (Å²) in [7, 11) is 0. The Morgan fingerprint density at radius 3 is 2.75 bits per heavy atom. The zero-order chi connectivity index (χ0) is 19.9. The molecule has 0 aliphatic heterocycles. The molecular weight excluding hydrogens is 423 g/mol. The van der Waals surface area contributed by atoms with Crippen molar-refractivity contribution in [3.05, 3.63) is 69.5 Å². The first-order valence-electron chi connectivity index (χ1n) is 9.15. The van der Waals surface area contributed by atoms with Gasteiger partial charge in [-0.2, -0.15) is 5.26 Å². The molecule has 0 spiro atoms. The third kappa shape index (κ3) is 5.20. The molecule has 3 rings (SSSR count). The fraction of sp³-hybridized carbons (Fsp3) is 0.273. The molecule has 1 amide bonds. The average molecular weight is 443 g/mol. The number of hydrogen-bond donors (Lipinski definition) is 1. The van der Waals surface area contributed by atoms with E-state index < -0.39 is 0 Å². The second-order valence-corrected chi connectivity index (χ2v) is 7.60. The second kappa shape index (κ2) is 9.52. The first-order valence-corrected chi connectivity index (χ1v) is 9.94. The molecule has 0 unspecified atom stereocenters. The minimum absolute atomic E-state index is 0.0146. The number of ether oxygens (including phenoxy) is 1. The highest BCUT2D eigenvalue weighted by Crippen LogP contribution is 2.27. The normalized spacial score (nSPS) is 14.5. The van der Waals surface area contributed by atoms with Crippen LogP contribution in [-0.4, -0.2) is 11.9 Å². The number of halogens is 2. The number of hydrogen-bond acceptors (Lipinski definition) is 3. The van der Waals surface area contributed by atoms with Crippen LogP contribution in [0.25, 0.3) is 6.08 Å². The zero-order valence-corrected chi connectivity index (χ0v) is 16.8. The van der Waals surface area contributed by atoms with Gasteiger partial charge in [-0.3, -0.25) is 4.79 Å². The number of benzene rings is 2. The fourth-order valence-electron chi connectivity index (χ4n) is 3.17. The van der Waals surface area contributed by atoms with Crippen LogP contribution in [-0.2, 0) is 11.4 Å². The quantitative estimate of drug-likeness (QED) is 0.497. The van der Waals surface area contributed by atoms with Gasteiger partial charge in [0.15, 0.2) is 0 Å². The molecule has 1 saturated carbocycles. The SMILES string of the molecule is N#C/C(=C/c1cc(Br)ccc1OCc1ccccc1F)C(=O)NC1CCCC1. The Morgan fingerprint density at radius 1 is 1.29 bits per heavy atom. The molecule has 4 nitrogen and oxygen atoms in total. The van der Waals surface area contributed by atoms with Crippen molar-refractivity contribution in [2.75, 3.05) is 0 Å². The fourth-order valence-corrected chi connectivity index (χ4v) is 3.55. The Kier molecular flexibility index (Phi) is 6.83. The van der Waals surface area contributed by atoms with E-state index in [4.69, 9.17) is 4.74 Å². The molecular formula is C22H20BrFN2O2. The zero-order valence-electron chi connectivity index (χ0n) is 15.3. The van der Waals surface area contributed by atoms with Crippen molar-refractivity contribution in [2.24, 2.45) is 0 Å². The Bertz CT molecular complexity index is 930. The number of nitrogens with one attached hydrogen (secondary N) is 1. The summed E-state index contributed by atoms with van der Waals surface area (Å²) in [6.07, 6.45) is 5.58. The van der Waals surface area contributed by atoms with E-state index in [0.717, 1.165) is 30.2 Å². The first-order chi connectivity index (χ1) is 13.6. The van der Waals surface area contributed by atoms with E-state index in [2.05, 4.69) is 21.2 Å². The third-order valence-corrected chi connectivity index (χ3v) is 5.16. The first kappa shape index (κ1) is 20.1. The van der Waals surface area contributed by atoms with Crippen LogP contribution >= 0.6 is 15.9 Å². The summed E-state index contributed by atoms with van der Waals surface area (Å²) in [6, 6.07) is 13.8. The molecule has 0 aromatic heterocycles. The summed E-state index contributed by atoms with van der Waals surface area (Å²) < 4.78 is 20.4. The summed E-state index contributed by atoms with van der Waals surface area (Å²) in [5.74, 6) is -0.257. The molecule has 2 aromatic rings. The van der Waals surface area contributed by atoms with Crippen LogP contribution < -0.4 is 10.1 Å². The number of nitrogens with zero attached hydrogens (tertiary/aromatic N) is 1. The Labute approximate surface area is 172 Å². The predicted octanol–water partition coefficient (Wildman–Crippen LogP) is 5.13. The van der Waals surface area contributed by atoms with Crippen LogP contribution in [0.2, 0.25) is 0 Å². The lowest BCUT2D eigenvalue weighted by atomic mass is 10.1. The molecule has 144 valence electrons. The maximum atomic E-state index is 13.8. The minimum Gasteiger partial charge on any atom is -0.488 e. The van der Waals surface area contributed by atoms with E-state index in [1.807, 2.05) is 6.07 Å². The molecule has 2 aromatic carbocycles. The maximum absolute atomic E-state index is 13.8. The van der Waals surface area contributed by atoms with Crippen molar-refractivity contribution in [1.82, 2.24) is 5.32 Å². The summed E-state index contributed by atoms with van der Waals surface area (Å²) >= 11 is 3.40. The van der Waals surface area contributed by atoms with Gasteiger partial charge < -0.3 is 10.1 Å². The Morgan fingerprint density at radius 2 is 2.04 bits per heavy atom. The largest absolute Gasteiger partial charge is 0.488 e. The smallest absolute Gasteiger partial charge is 0.262 e. The molecule has 0 heterocycles. The van der Waals surface area contributed by atoms with Crippen LogP contribution in [0, 0.1) is 17.1 Å². The van der Waals surface area contributed by atoms with Gasteiger partial charge in [0.1, 0.15) is 29.8 Å². The van der Waals surface area contributed by atoms with Crippen LogP contribution in [0.15, 0.2) is 52.5 Å². The number of nitriles is 1. The van der Waals surface area contributed by atoms with E-state index >= 15 is 0 Å². The minimum atomic E-state index is -0.380. The molecule has 1 fully saturated rings. The standard InChI is InChI=1S/C22H20BrFN2O2/c23-18-9-10-21(28-14-15-5-1-4-8-20(15)24)16(12-18)11-17(13-25)22(27)26-19-6-2-3-7-19/h1,4-5,8-12,19H,2-3,6-7,14H2,(H,26,27)/b17-11-. The van der Waals surface area contributed by atoms with Gasteiger partial charge in [0.05, 0.1) is 0 Å². The highest BCUT2D eigenvalue weighted by molar-refractivity contribution is 9.10. The van der Waals surface area contributed by atoms with Crippen molar-refractivity contribution in [2.45, 2.75) is 38.3 Å². The summed E-state index contributed by atoms with van der Waals surface area (Å²) in [6.45, 7) is 0.0469. The maximum Gasteiger partial charge on any atom is 0.262 e. The van der Waals surface area contributed by atoms with Crippen LogP contribution in [0.4, 0.5) is 4.39 Å². The topological polar surface area (TPSA) is 62.1 Å². The third-order valence-electron chi connectivity index (χ3n) is 4.67. The molecule has 6 heteroatoms. The molecule has 28 heavy (non-hydrogen) atoms. The van der Waals surface area contributed by atoms with Crippen LogP contribution in [0.5, 0.6) is 5.75 Å². The Balaban J connectivity index is 1.80. The predicted molar refractivity (Wildman–Crippen MR) is 109 cm³/mol. The second-order valence-electron chi connectivity index (χ2n) is 6.69. The lowest BCUT2D eigenvalue weighted by Gasteiger charge is -2.13. The van der Waals surface area contributed by atoms with Crippen molar-refractivity contribution < 1.29 is 13.9 Å². The summed E-state index contributed by atoms with van der Waals surface area (Å²) in [5.41, 5.74) is 1.02. The van der Waals surface area contributed by atoms with Gasteiger partial charge in [-0.25, -0.2) is 4.39 Å². The number of carbonyl (C=O) groups excluding carboxylic acids is 1. The van der Waals surface area contributed by atoms with Crippen molar-refractivity contribution in [3.63, 3.8) is 0 Å². The van der Waals surface area contributed by atoms with Gasteiger partial charge in [-0.05, 0) is 43.2 Å². The highest BCUT2D eigenvalue weighted by atomic mass is 79.9. The Hall–Kier alpha value is -2.65. The van der Waals surface area contributed by atoms with Crippen LogP contribution in [0.3, 0.4) is 0 Å². The van der Waals surface area contributed by atoms with Gasteiger partial charge in [0, 0.05) is 21.6 Å². The van der Waals surface area contributed by atoms with Gasteiger partial charge in [0.2, 0.25) is 0 Å². The van der Waals surface area contributed by atoms with Crippen molar-refractivity contribution in [3.8, 4) is 11.8 Å². The number of rotatable bonds is 6. The summed E-state index contributed by atoms with van der Waals surface area (Å²) in [5, 5.41) is 12.4. The number of amides is 1. The molecule has 0 atom stereocenters.